The van der Waals surface area contributed by atoms with Gasteiger partial charge in [-0.25, -0.2) is 4.79 Å². The van der Waals surface area contributed by atoms with Gasteiger partial charge < -0.3 is 15.7 Å². The zero-order chi connectivity index (χ0) is 10.8. The molecule has 14 heavy (non-hydrogen) atoms. The van der Waals surface area contributed by atoms with Gasteiger partial charge in [0.15, 0.2) is 0 Å². The molecular formula is C10H20N2O2. The van der Waals surface area contributed by atoms with Crippen LogP contribution < -0.4 is 5.73 Å². The highest BCUT2D eigenvalue weighted by atomic mass is 16.4. The average molecular weight is 200 g/mol. The largest absolute Gasteiger partial charge is 0.465 e. The van der Waals surface area contributed by atoms with E-state index in [1.807, 2.05) is 13.8 Å². The molecule has 1 amide bonds. The molecular weight excluding hydrogens is 180 g/mol. The van der Waals surface area contributed by atoms with Crippen LogP contribution in [0.1, 0.15) is 33.1 Å². The lowest BCUT2D eigenvalue weighted by atomic mass is 9.93. The first-order valence-electron chi connectivity index (χ1n) is 5.18. The zero-order valence-electron chi connectivity index (χ0n) is 8.99. The predicted molar refractivity (Wildman–Crippen MR) is 55.2 cm³/mol. The van der Waals surface area contributed by atoms with Gasteiger partial charge in [0.1, 0.15) is 0 Å². The van der Waals surface area contributed by atoms with Gasteiger partial charge in [-0.05, 0) is 45.6 Å². The molecule has 0 saturated carbocycles. The van der Waals surface area contributed by atoms with Gasteiger partial charge in [0.25, 0.3) is 0 Å². The van der Waals surface area contributed by atoms with Gasteiger partial charge in [0.2, 0.25) is 0 Å². The van der Waals surface area contributed by atoms with E-state index in [-0.39, 0.29) is 5.54 Å². The summed E-state index contributed by atoms with van der Waals surface area (Å²) in [5, 5.41) is 8.99. The van der Waals surface area contributed by atoms with Crippen molar-refractivity contribution in [3.8, 4) is 0 Å². The summed E-state index contributed by atoms with van der Waals surface area (Å²) < 4.78 is 0. The number of hydrogen-bond acceptors (Lipinski definition) is 2. The van der Waals surface area contributed by atoms with E-state index >= 15 is 0 Å². The molecule has 82 valence electrons. The predicted octanol–water partition coefficient (Wildman–Crippen LogP) is 1.50. The van der Waals surface area contributed by atoms with Gasteiger partial charge in [0, 0.05) is 12.1 Å². The van der Waals surface area contributed by atoms with E-state index in [2.05, 4.69) is 0 Å². The number of rotatable bonds is 3. The summed E-state index contributed by atoms with van der Waals surface area (Å²) in [6.07, 6.45) is 2.20. The molecule has 1 rings (SSSR count). The van der Waals surface area contributed by atoms with E-state index in [4.69, 9.17) is 10.8 Å². The fourth-order valence-corrected chi connectivity index (χ4v) is 2.32. The molecule has 0 aromatic heterocycles. The van der Waals surface area contributed by atoms with Crippen LogP contribution in [-0.2, 0) is 0 Å². The Morgan fingerprint density at radius 2 is 2.29 bits per heavy atom. The number of likely N-dealkylation sites (tertiary alicyclic amines) is 1. The van der Waals surface area contributed by atoms with Crippen LogP contribution in [0.25, 0.3) is 0 Å². The summed E-state index contributed by atoms with van der Waals surface area (Å²) in [5.74, 6) is 0.490. The number of hydrogen-bond donors (Lipinski definition) is 2. The van der Waals surface area contributed by atoms with E-state index in [0.717, 1.165) is 19.3 Å². The van der Waals surface area contributed by atoms with Crippen molar-refractivity contribution in [1.82, 2.24) is 4.90 Å². The van der Waals surface area contributed by atoms with Crippen molar-refractivity contribution < 1.29 is 9.90 Å². The minimum atomic E-state index is -0.801. The molecule has 0 aromatic rings. The highest BCUT2D eigenvalue weighted by molar-refractivity contribution is 5.66. The average Bonchev–Trinajstić information content (AvgIpc) is 2.37. The first kappa shape index (κ1) is 11.3. The minimum Gasteiger partial charge on any atom is -0.465 e. The quantitative estimate of drug-likeness (QED) is 0.725. The third kappa shape index (κ3) is 2.38. The molecule has 0 aromatic carbocycles. The van der Waals surface area contributed by atoms with Crippen molar-refractivity contribution in [2.45, 2.75) is 38.6 Å². The number of nitrogens with zero attached hydrogens (tertiary/aromatic N) is 1. The summed E-state index contributed by atoms with van der Waals surface area (Å²) in [5.41, 5.74) is 5.24. The summed E-state index contributed by atoms with van der Waals surface area (Å²) in [7, 11) is 0. The Kier molecular flexibility index (Phi) is 3.37. The molecule has 0 unspecified atom stereocenters. The normalized spacial score (nSPS) is 25.4. The SMILES string of the molecule is CC1(C)C[C@H](CCCN)CN1C(=O)O. The third-order valence-electron chi connectivity index (χ3n) is 3.01. The monoisotopic (exact) mass is 200 g/mol. The second-order valence-corrected chi connectivity index (χ2v) is 4.71. The fourth-order valence-electron chi connectivity index (χ4n) is 2.32. The van der Waals surface area contributed by atoms with Gasteiger partial charge in [-0.1, -0.05) is 0 Å². The maximum absolute atomic E-state index is 10.9. The van der Waals surface area contributed by atoms with Crippen molar-refractivity contribution >= 4 is 6.09 Å². The maximum Gasteiger partial charge on any atom is 0.407 e. The number of amides is 1. The molecule has 0 bridgehead atoms. The van der Waals surface area contributed by atoms with Gasteiger partial charge >= 0.3 is 6.09 Å². The Hall–Kier alpha value is -0.770. The standard InChI is InChI=1S/C10H20N2O2/c1-10(2)6-8(4-3-5-11)7-12(10)9(13)14/h8H,3-7,11H2,1-2H3,(H,13,14)/t8-/m0/s1. The lowest BCUT2D eigenvalue weighted by molar-refractivity contribution is 0.117. The van der Waals surface area contributed by atoms with Gasteiger partial charge in [-0.2, -0.15) is 0 Å². The van der Waals surface area contributed by atoms with Crippen molar-refractivity contribution in [1.29, 1.82) is 0 Å². The molecule has 1 heterocycles. The Bertz CT molecular complexity index is 216. The Morgan fingerprint density at radius 3 is 2.71 bits per heavy atom. The third-order valence-corrected chi connectivity index (χ3v) is 3.01. The molecule has 0 spiro atoms. The highest BCUT2D eigenvalue weighted by Gasteiger charge is 2.40. The molecule has 0 radical (unpaired) electrons. The van der Waals surface area contributed by atoms with Crippen LogP contribution in [0.2, 0.25) is 0 Å². The van der Waals surface area contributed by atoms with Crippen LogP contribution in [0.15, 0.2) is 0 Å². The van der Waals surface area contributed by atoms with E-state index < -0.39 is 6.09 Å². The molecule has 1 saturated heterocycles. The molecule has 1 aliphatic heterocycles. The number of carboxylic acid groups (broad SMARTS) is 1. The smallest absolute Gasteiger partial charge is 0.407 e. The molecule has 3 N–H and O–H groups in total. The van der Waals surface area contributed by atoms with Crippen LogP contribution in [0.4, 0.5) is 4.79 Å². The highest BCUT2D eigenvalue weighted by Crippen LogP contribution is 2.34. The minimum absolute atomic E-state index is 0.203. The van der Waals surface area contributed by atoms with E-state index in [1.165, 1.54) is 0 Å². The molecule has 4 heteroatoms. The van der Waals surface area contributed by atoms with E-state index in [1.54, 1.807) is 4.90 Å². The van der Waals surface area contributed by atoms with Crippen molar-refractivity contribution in [3.05, 3.63) is 0 Å². The van der Waals surface area contributed by atoms with E-state index in [9.17, 15) is 4.79 Å². The summed E-state index contributed by atoms with van der Waals surface area (Å²) in [6.45, 7) is 5.35. The molecule has 0 aliphatic carbocycles. The lowest BCUT2D eigenvalue weighted by Crippen LogP contribution is -2.41. The summed E-state index contributed by atoms with van der Waals surface area (Å²) in [4.78, 5) is 12.5. The fraction of sp³-hybridized carbons (Fsp3) is 0.900. The van der Waals surface area contributed by atoms with Gasteiger partial charge in [0.05, 0.1) is 0 Å². The van der Waals surface area contributed by atoms with Gasteiger partial charge in [-0.15, -0.1) is 0 Å². The maximum atomic E-state index is 10.9. The zero-order valence-corrected chi connectivity index (χ0v) is 8.99. The van der Waals surface area contributed by atoms with Crippen molar-refractivity contribution in [2.24, 2.45) is 11.7 Å². The molecule has 1 aliphatic rings. The van der Waals surface area contributed by atoms with Crippen molar-refractivity contribution in [3.63, 3.8) is 0 Å². The topological polar surface area (TPSA) is 66.6 Å². The Labute approximate surface area is 85.1 Å². The summed E-state index contributed by atoms with van der Waals surface area (Å²) in [6, 6.07) is 0. The first-order valence-corrected chi connectivity index (χ1v) is 5.18. The van der Waals surface area contributed by atoms with Crippen LogP contribution in [0.3, 0.4) is 0 Å². The second-order valence-electron chi connectivity index (χ2n) is 4.71. The summed E-state index contributed by atoms with van der Waals surface area (Å²) >= 11 is 0. The van der Waals surface area contributed by atoms with Crippen LogP contribution in [0, 0.1) is 5.92 Å². The lowest BCUT2D eigenvalue weighted by Gasteiger charge is -2.28. The number of nitrogens with two attached hydrogens (primary N) is 1. The molecule has 1 atom stereocenters. The second kappa shape index (κ2) is 4.17. The molecule has 1 fully saturated rings. The number of carbonyl (C=O) groups is 1. The van der Waals surface area contributed by atoms with Crippen LogP contribution >= 0.6 is 0 Å². The van der Waals surface area contributed by atoms with Crippen molar-refractivity contribution in [2.75, 3.05) is 13.1 Å². The Morgan fingerprint density at radius 1 is 1.64 bits per heavy atom. The van der Waals surface area contributed by atoms with Crippen LogP contribution in [0.5, 0.6) is 0 Å². The Balaban J connectivity index is 2.53. The molecule has 4 nitrogen and oxygen atoms in total. The first-order chi connectivity index (χ1) is 6.47. The van der Waals surface area contributed by atoms with E-state index in [0.29, 0.717) is 19.0 Å². The van der Waals surface area contributed by atoms with Crippen LogP contribution in [-0.4, -0.2) is 34.7 Å². The van der Waals surface area contributed by atoms with Gasteiger partial charge in [-0.3, -0.25) is 0 Å².